The van der Waals surface area contributed by atoms with E-state index in [0.717, 1.165) is 25.7 Å². The van der Waals surface area contributed by atoms with Gasteiger partial charge in [-0.1, -0.05) is 31.9 Å². The molecule has 2 atom stereocenters. The predicted molar refractivity (Wildman–Crippen MR) is 95.8 cm³/mol. The Labute approximate surface area is 142 Å². The Morgan fingerprint density at radius 2 is 1.83 bits per heavy atom. The first-order valence-corrected chi connectivity index (χ1v) is 8.92. The molecule has 24 heavy (non-hydrogen) atoms. The van der Waals surface area contributed by atoms with Crippen molar-refractivity contribution in [3.8, 4) is 5.75 Å². The number of phenols is 1. The number of benzene rings is 2. The molecule has 2 unspecified atom stereocenters. The first kappa shape index (κ1) is 15.4. The lowest BCUT2D eigenvalue weighted by molar-refractivity contribution is 0.245. The molecule has 0 saturated carbocycles. The molecule has 1 N–H and O–H groups in total. The normalized spacial score (nSPS) is 24.1. The monoisotopic (exact) mass is 321 g/mol. The van der Waals surface area contributed by atoms with Gasteiger partial charge in [-0.3, -0.25) is 0 Å². The second kappa shape index (κ2) is 5.73. The largest absolute Gasteiger partial charge is 0.508 e. The van der Waals surface area contributed by atoms with Crippen molar-refractivity contribution in [3.63, 3.8) is 0 Å². The molecule has 0 aliphatic heterocycles. The Hall–Kier alpha value is -2.16. The zero-order valence-electron chi connectivity index (χ0n) is 14.1. The number of fused-ring (bicyclic) bond motifs is 2. The van der Waals surface area contributed by atoms with E-state index in [4.69, 9.17) is 0 Å². The fourth-order valence-corrected chi connectivity index (χ4v) is 4.97. The maximum atomic E-state index is 11.0. The topological polar surface area (TPSA) is 49.7 Å². The Morgan fingerprint density at radius 1 is 1.08 bits per heavy atom. The molecule has 2 aliphatic carbocycles. The van der Waals surface area contributed by atoms with Crippen molar-refractivity contribution in [2.45, 2.75) is 51.4 Å². The average molecular weight is 321 g/mol. The Kier molecular flexibility index (Phi) is 3.67. The molecular formula is C21H23NO2. The Bertz CT molecular complexity index is 798. The lowest BCUT2D eigenvalue weighted by Gasteiger charge is -2.32. The highest BCUT2D eigenvalue weighted by Crippen LogP contribution is 2.57. The zero-order valence-corrected chi connectivity index (χ0v) is 14.1. The summed E-state index contributed by atoms with van der Waals surface area (Å²) < 4.78 is 0. The number of nitrogens with zero attached hydrogens (tertiary/aromatic N) is 1. The molecule has 124 valence electrons. The van der Waals surface area contributed by atoms with Gasteiger partial charge in [0.05, 0.1) is 0 Å². The van der Waals surface area contributed by atoms with E-state index < -0.39 is 0 Å². The first-order valence-electron chi connectivity index (χ1n) is 8.92. The highest BCUT2D eigenvalue weighted by molar-refractivity contribution is 5.52. The molecule has 0 amide bonds. The molecule has 3 nitrogen and oxygen atoms in total. The second-order valence-corrected chi connectivity index (χ2v) is 7.51. The van der Waals surface area contributed by atoms with Crippen molar-refractivity contribution in [2.24, 2.45) is 10.6 Å². The fraction of sp³-hybridized carbons (Fsp3) is 0.429. The smallest absolute Gasteiger partial charge is 0.115 e. The van der Waals surface area contributed by atoms with Crippen LogP contribution in [0, 0.1) is 10.3 Å². The van der Waals surface area contributed by atoms with Crippen molar-refractivity contribution in [1.82, 2.24) is 0 Å². The third-order valence-electron chi connectivity index (χ3n) is 6.01. The van der Waals surface area contributed by atoms with Gasteiger partial charge in [-0.2, -0.15) is 0 Å². The van der Waals surface area contributed by atoms with E-state index in [9.17, 15) is 10.0 Å². The van der Waals surface area contributed by atoms with Gasteiger partial charge in [0.25, 0.3) is 0 Å². The lowest BCUT2D eigenvalue weighted by Crippen LogP contribution is -2.27. The molecule has 0 heterocycles. The molecule has 1 spiro atoms. The number of nitroso groups, excluding NO2 is 1. The fourth-order valence-electron chi connectivity index (χ4n) is 4.97. The van der Waals surface area contributed by atoms with E-state index in [1.807, 2.05) is 18.2 Å². The van der Waals surface area contributed by atoms with Crippen LogP contribution in [0.1, 0.15) is 54.4 Å². The van der Waals surface area contributed by atoms with Crippen LogP contribution in [-0.2, 0) is 19.3 Å². The van der Waals surface area contributed by atoms with Crippen LogP contribution in [0.25, 0.3) is 0 Å². The minimum Gasteiger partial charge on any atom is -0.508 e. The minimum absolute atomic E-state index is 0.204. The summed E-state index contributed by atoms with van der Waals surface area (Å²) in [5, 5.41) is 13.0. The number of rotatable bonds is 4. The van der Waals surface area contributed by atoms with E-state index in [0.29, 0.717) is 17.4 Å². The molecule has 0 aromatic heterocycles. The van der Waals surface area contributed by atoms with E-state index in [1.165, 1.54) is 35.1 Å². The molecular weight excluding hydrogens is 298 g/mol. The van der Waals surface area contributed by atoms with Crippen LogP contribution in [0.4, 0.5) is 5.69 Å². The highest BCUT2D eigenvalue weighted by Gasteiger charge is 2.48. The summed E-state index contributed by atoms with van der Waals surface area (Å²) in [5.74, 6) is 0.836. The van der Waals surface area contributed by atoms with Gasteiger partial charge in [-0.15, -0.1) is 4.91 Å². The molecule has 0 fully saturated rings. The van der Waals surface area contributed by atoms with Gasteiger partial charge in [0.15, 0.2) is 0 Å². The molecule has 0 radical (unpaired) electrons. The summed E-state index contributed by atoms with van der Waals surface area (Å²) in [6.07, 6.45) is 6.68. The quantitative estimate of drug-likeness (QED) is 0.766. The van der Waals surface area contributed by atoms with Crippen LogP contribution < -0.4 is 0 Å². The first-order chi connectivity index (χ1) is 11.6. The summed E-state index contributed by atoms with van der Waals surface area (Å²) in [6.45, 7) is 2.23. The molecule has 4 rings (SSSR count). The van der Waals surface area contributed by atoms with Gasteiger partial charge < -0.3 is 5.11 Å². The number of phenolic OH excluding ortho intramolecular Hbond substituents is 1. The van der Waals surface area contributed by atoms with Gasteiger partial charge in [-0.05, 0) is 88.7 Å². The van der Waals surface area contributed by atoms with Crippen molar-refractivity contribution >= 4 is 5.69 Å². The zero-order chi connectivity index (χ0) is 16.7. The maximum Gasteiger partial charge on any atom is 0.115 e. The van der Waals surface area contributed by atoms with Crippen molar-refractivity contribution in [3.05, 3.63) is 63.6 Å². The third kappa shape index (κ3) is 2.34. The second-order valence-electron chi connectivity index (χ2n) is 7.51. The minimum atomic E-state index is 0.204. The molecule has 2 aromatic carbocycles. The number of hydrogen-bond acceptors (Lipinski definition) is 3. The molecule has 0 saturated heterocycles. The lowest BCUT2D eigenvalue weighted by atomic mass is 9.71. The van der Waals surface area contributed by atoms with Crippen LogP contribution in [-0.4, -0.2) is 5.11 Å². The van der Waals surface area contributed by atoms with E-state index >= 15 is 0 Å². The van der Waals surface area contributed by atoms with Crippen molar-refractivity contribution < 1.29 is 5.11 Å². The van der Waals surface area contributed by atoms with E-state index in [-0.39, 0.29) is 5.41 Å². The third-order valence-corrected chi connectivity index (χ3v) is 6.01. The van der Waals surface area contributed by atoms with Gasteiger partial charge in [0, 0.05) is 0 Å². The van der Waals surface area contributed by atoms with Gasteiger partial charge in [0.2, 0.25) is 0 Å². The summed E-state index contributed by atoms with van der Waals surface area (Å²) in [6, 6.07) is 11.8. The van der Waals surface area contributed by atoms with Crippen LogP contribution in [0.2, 0.25) is 0 Å². The maximum absolute atomic E-state index is 11.0. The standard InChI is InChI=1S/C21H23NO2/c1-2-3-4-20-19-10-17(22-24)7-5-15(19)12-21(20)11-14-6-8-18(23)9-16(14)13-21/h5-10,20,23H,2-4,11-13H2,1H3. The Morgan fingerprint density at radius 3 is 2.62 bits per heavy atom. The summed E-state index contributed by atoms with van der Waals surface area (Å²) in [5.41, 5.74) is 6.11. The molecule has 3 heteroatoms. The van der Waals surface area contributed by atoms with Crippen molar-refractivity contribution in [2.75, 3.05) is 0 Å². The highest BCUT2D eigenvalue weighted by atomic mass is 16.3. The number of aromatic hydroxyl groups is 1. The summed E-state index contributed by atoms with van der Waals surface area (Å²) in [7, 11) is 0. The summed E-state index contributed by atoms with van der Waals surface area (Å²) in [4.78, 5) is 11.0. The summed E-state index contributed by atoms with van der Waals surface area (Å²) >= 11 is 0. The van der Waals surface area contributed by atoms with Crippen LogP contribution in [0.15, 0.2) is 41.6 Å². The molecule has 0 bridgehead atoms. The number of unbranched alkanes of at least 4 members (excludes halogenated alkanes) is 1. The van der Waals surface area contributed by atoms with E-state index in [1.54, 1.807) is 6.07 Å². The van der Waals surface area contributed by atoms with Gasteiger partial charge >= 0.3 is 0 Å². The molecule has 2 aromatic rings. The van der Waals surface area contributed by atoms with Crippen LogP contribution in [0.3, 0.4) is 0 Å². The Balaban J connectivity index is 1.75. The van der Waals surface area contributed by atoms with Crippen molar-refractivity contribution in [1.29, 1.82) is 0 Å². The van der Waals surface area contributed by atoms with Crippen LogP contribution in [0.5, 0.6) is 5.75 Å². The SMILES string of the molecule is CCCCC1c2cc(N=O)ccc2CC12Cc1ccc(O)cc1C2. The number of hydrogen-bond donors (Lipinski definition) is 1. The predicted octanol–water partition coefficient (Wildman–Crippen LogP) is 5.41. The molecule has 2 aliphatic rings. The van der Waals surface area contributed by atoms with Gasteiger partial charge in [0.1, 0.15) is 11.4 Å². The van der Waals surface area contributed by atoms with Gasteiger partial charge in [-0.25, -0.2) is 0 Å². The average Bonchev–Trinajstić information content (AvgIpc) is 3.08. The van der Waals surface area contributed by atoms with E-state index in [2.05, 4.69) is 24.2 Å². The van der Waals surface area contributed by atoms with Crippen LogP contribution >= 0.6 is 0 Å².